The maximum absolute atomic E-state index is 0. The minimum Gasteiger partial charge on any atom is -2.00 e. The van der Waals surface area contributed by atoms with E-state index in [0.717, 1.165) is 0 Å². The van der Waals surface area contributed by atoms with E-state index >= 15 is 0 Å². The molecule has 0 atom stereocenters. The minimum atomic E-state index is 0. The second-order valence-corrected chi connectivity index (χ2v) is 0. The van der Waals surface area contributed by atoms with E-state index in [1.165, 1.54) is 0 Å². The Kier molecular flexibility index (Phi) is 101. The van der Waals surface area contributed by atoms with Gasteiger partial charge in [-0.15, -0.1) is 0 Å². The molecule has 4 heavy (non-hydrogen) atoms. The molecule has 0 aliphatic rings. The van der Waals surface area contributed by atoms with Crippen LogP contribution in [0.3, 0.4) is 0 Å². The van der Waals surface area contributed by atoms with E-state index in [0.29, 0.717) is 0 Å². The van der Waals surface area contributed by atoms with Crippen LogP contribution < -0.4 is 0 Å². The van der Waals surface area contributed by atoms with Crippen LogP contribution in [0.25, 0.3) is 0 Å². The first-order valence-electron chi connectivity index (χ1n) is 0. The molecule has 4 heteroatoms. The second-order valence-electron chi connectivity index (χ2n) is 0. The molecule has 0 amide bonds. The largest absolute Gasteiger partial charge is 3.00 e. The molecule has 0 aliphatic carbocycles. The van der Waals surface area contributed by atoms with Gasteiger partial charge >= 0.3 is 112 Å². The summed E-state index contributed by atoms with van der Waals surface area (Å²) in [6.07, 6.45) is 0. The third-order valence-corrected chi connectivity index (χ3v) is 0. The van der Waals surface area contributed by atoms with Crippen molar-refractivity contribution in [2.45, 2.75) is 0 Å². The van der Waals surface area contributed by atoms with Gasteiger partial charge in [-0.1, -0.05) is 0 Å². The summed E-state index contributed by atoms with van der Waals surface area (Å²) in [5.41, 5.74) is 0. The molecule has 1 radical (unpaired) electrons. The first-order valence-corrected chi connectivity index (χ1v) is 0. The van der Waals surface area contributed by atoms with Crippen LogP contribution in [0.2, 0.25) is 0 Å². The summed E-state index contributed by atoms with van der Waals surface area (Å²) < 4.78 is 0. The molecule has 0 fully saturated rings. The molecule has 0 rings (SSSR count). The number of hydrogen-bond donors (Lipinski definition) is 0. The first-order chi connectivity index (χ1) is 0. The van der Waals surface area contributed by atoms with Gasteiger partial charge in [0, 0.05) is 0 Å². The van der Waals surface area contributed by atoms with Crippen molar-refractivity contribution in [1.29, 1.82) is 0 Å². The standard InChI is InChI=1S/O.2Y.Yb/q-2;3*+3. The summed E-state index contributed by atoms with van der Waals surface area (Å²) in [7, 11) is 0. The van der Waals surface area contributed by atoms with E-state index in [1.54, 1.807) is 0 Å². The summed E-state index contributed by atoms with van der Waals surface area (Å²) in [6.45, 7) is 0. The van der Waals surface area contributed by atoms with Crippen molar-refractivity contribution >= 4 is 0 Å². The zero-order chi connectivity index (χ0) is 0. The van der Waals surface area contributed by atoms with Crippen molar-refractivity contribution in [3.8, 4) is 0 Å². The smallest absolute Gasteiger partial charge is 2.00 e. The Labute approximate surface area is 114 Å². The molecule has 0 aromatic rings. The molecule has 19 valence electrons. The summed E-state index contributed by atoms with van der Waals surface area (Å²) in [5.74, 6) is 0. The van der Waals surface area contributed by atoms with E-state index in [1.807, 2.05) is 0 Å². The van der Waals surface area contributed by atoms with Gasteiger partial charge in [-0.25, -0.2) is 0 Å². The van der Waals surface area contributed by atoms with Crippen LogP contribution in [-0.4, -0.2) is 0 Å². The third kappa shape index (κ3) is 9.19. The Morgan fingerprint density at radius 2 is 0.750 bits per heavy atom. The van der Waals surface area contributed by atoms with Crippen molar-refractivity contribution in [3.05, 3.63) is 0 Å². The minimum absolute atomic E-state index is 0. The quantitative estimate of drug-likeness (QED) is 0.572. The fourth-order valence-corrected chi connectivity index (χ4v) is 0. The van der Waals surface area contributed by atoms with Gasteiger partial charge in [0.05, 0.1) is 0 Å². The van der Waals surface area contributed by atoms with E-state index in [-0.39, 0.29) is 118 Å². The van der Waals surface area contributed by atoms with Gasteiger partial charge in [-0.05, 0) is 0 Å². The molecule has 0 aromatic heterocycles. The van der Waals surface area contributed by atoms with Crippen LogP contribution in [0, 0.1) is 46.9 Å². The summed E-state index contributed by atoms with van der Waals surface area (Å²) in [6, 6.07) is 0. The Morgan fingerprint density at radius 1 is 0.750 bits per heavy atom. The van der Waals surface area contributed by atoms with Crippen LogP contribution in [0.4, 0.5) is 0 Å². The number of hydrogen-bond acceptors (Lipinski definition) is 0. The van der Waals surface area contributed by atoms with Gasteiger partial charge in [0.25, 0.3) is 0 Å². The average Bonchev–Trinajstić information content (AvgIpc) is 0. The van der Waals surface area contributed by atoms with E-state index < -0.39 is 0 Å². The zero-order valence-electron chi connectivity index (χ0n) is 1.83. The fourth-order valence-electron chi connectivity index (χ4n) is 0. The normalized spacial score (nSPS) is 0. The van der Waals surface area contributed by atoms with Gasteiger partial charge < -0.3 is 5.48 Å². The van der Waals surface area contributed by atoms with Crippen molar-refractivity contribution in [3.63, 3.8) is 0 Å². The molecule has 0 heterocycles. The van der Waals surface area contributed by atoms with Gasteiger partial charge in [0.15, 0.2) is 0 Å². The second kappa shape index (κ2) is 15.9. The molecule has 0 spiro atoms. The van der Waals surface area contributed by atoms with Crippen LogP contribution in [0.1, 0.15) is 0 Å². The summed E-state index contributed by atoms with van der Waals surface area (Å²) in [5, 5.41) is 0. The Hall–Kier alpha value is 3.69. The predicted octanol–water partition coefficient (Wildman–Crippen LogP) is -0.124. The summed E-state index contributed by atoms with van der Waals surface area (Å²) >= 11 is 0. The number of rotatable bonds is 0. The molecule has 0 aliphatic heterocycles. The average molecular weight is 367 g/mol. The molecule has 1 nitrogen and oxygen atoms in total. The van der Waals surface area contributed by atoms with Crippen molar-refractivity contribution in [1.82, 2.24) is 0 Å². The van der Waals surface area contributed by atoms with Gasteiger partial charge in [-0.2, -0.15) is 0 Å². The summed E-state index contributed by atoms with van der Waals surface area (Å²) in [4.78, 5) is 0. The molecule has 0 saturated heterocycles. The Bertz CT molecular complexity index is 6.00. The Morgan fingerprint density at radius 3 is 0.750 bits per heavy atom. The maximum atomic E-state index is 0. The van der Waals surface area contributed by atoms with E-state index in [4.69, 9.17) is 0 Å². The molecule has 0 N–H and O–H groups in total. The van der Waals surface area contributed by atoms with Crippen LogP contribution in [0.5, 0.6) is 0 Å². The SMILES string of the molecule is [O-2].[Y+3].[Y+3].[Yb+3]. The maximum Gasteiger partial charge on any atom is 3.00 e. The first kappa shape index (κ1) is 25.3. The molecule has 0 aromatic carbocycles. The molecular weight excluding hydrogens is 367 g/mol. The van der Waals surface area contributed by atoms with Crippen molar-refractivity contribution in [2.24, 2.45) is 0 Å². The van der Waals surface area contributed by atoms with Gasteiger partial charge in [-0.3, -0.25) is 0 Å². The van der Waals surface area contributed by atoms with Crippen LogP contribution in [0.15, 0.2) is 0 Å². The molecule has 0 saturated carbocycles. The molecule has 0 unspecified atom stereocenters. The van der Waals surface area contributed by atoms with Gasteiger partial charge in [0.1, 0.15) is 0 Å². The van der Waals surface area contributed by atoms with Gasteiger partial charge in [0.2, 0.25) is 0 Å². The topological polar surface area (TPSA) is 28.5 Å². The third-order valence-electron chi connectivity index (χ3n) is 0. The Balaban J connectivity index is 0. The van der Waals surface area contributed by atoms with Crippen molar-refractivity contribution < 1.29 is 118 Å². The van der Waals surface area contributed by atoms with E-state index in [2.05, 4.69) is 0 Å². The van der Waals surface area contributed by atoms with Crippen LogP contribution >= 0.6 is 0 Å². The van der Waals surface area contributed by atoms with Crippen molar-refractivity contribution in [2.75, 3.05) is 0 Å². The van der Waals surface area contributed by atoms with E-state index in [9.17, 15) is 0 Å². The fraction of sp³-hybridized carbons (Fsp3) is 0. The zero-order valence-corrected chi connectivity index (χ0v) is 9.22. The molecule has 0 bridgehead atoms. The molecular formula is OY2Yb+7. The van der Waals surface area contributed by atoms with Crippen LogP contribution in [-0.2, 0) is 70.9 Å². The monoisotopic (exact) mass is 368 g/mol. The predicted molar refractivity (Wildman–Crippen MR) is 0.686 cm³/mol.